The molecule has 106 valence electrons. The molecule has 1 aliphatic carbocycles. The molecule has 1 fully saturated rings. The summed E-state index contributed by atoms with van der Waals surface area (Å²) in [4.78, 5) is 4.45. The molecule has 2 atom stereocenters. The van der Waals surface area contributed by atoms with E-state index in [1.54, 1.807) is 10.9 Å². The van der Waals surface area contributed by atoms with Gasteiger partial charge in [0.2, 0.25) is 11.7 Å². The minimum absolute atomic E-state index is 0.309. The maximum atomic E-state index is 5.38. The molecule has 0 aliphatic heterocycles. The van der Waals surface area contributed by atoms with E-state index in [1.807, 2.05) is 7.05 Å². The van der Waals surface area contributed by atoms with Crippen LogP contribution in [0, 0.1) is 0 Å². The quantitative estimate of drug-likeness (QED) is 0.729. The van der Waals surface area contributed by atoms with Crippen molar-refractivity contribution in [3.05, 3.63) is 46.4 Å². The lowest BCUT2D eigenvalue weighted by Crippen LogP contribution is -1.85. The molecule has 0 spiro atoms. The number of halogens is 1. The van der Waals surface area contributed by atoms with Gasteiger partial charge in [-0.3, -0.25) is 4.68 Å². The first kappa shape index (κ1) is 12.7. The minimum Gasteiger partial charge on any atom is -0.339 e. The first-order valence-electron chi connectivity index (χ1n) is 6.66. The fraction of sp³-hybridized carbons (Fsp3) is 0.286. The largest absolute Gasteiger partial charge is 0.339 e. The summed E-state index contributed by atoms with van der Waals surface area (Å²) < 4.78 is 8.09. The van der Waals surface area contributed by atoms with Crippen LogP contribution in [0.1, 0.15) is 29.7 Å². The fourth-order valence-corrected chi connectivity index (χ4v) is 2.75. The summed E-state index contributed by atoms with van der Waals surface area (Å²) in [6.45, 7) is 0. The van der Waals surface area contributed by atoms with Crippen LogP contribution in [0.15, 0.2) is 39.5 Å². The molecule has 0 saturated heterocycles. The number of rotatable bonds is 3. The highest BCUT2D eigenvalue weighted by Gasteiger charge is 2.43. The highest BCUT2D eigenvalue weighted by Crippen LogP contribution is 2.54. The van der Waals surface area contributed by atoms with Gasteiger partial charge >= 0.3 is 0 Å². The summed E-state index contributed by atoms with van der Waals surface area (Å²) in [5.74, 6) is 1.96. The third-order valence-electron chi connectivity index (χ3n) is 3.68. The van der Waals surface area contributed by atoms with Gasteiger partial charge in [-0.15, -0.1) is 5.10 Å². The second-order valence-corrected chi connectivity index (χ2v) is 6.15. The summed E-state index contributed by atoms with van der Waals surface area (Å²) in [6, 6.07) is 8.39. The maximum absolute atomic E-state index is 5.38. The maximum Gasteiger partial charge on any atom is 0.230 e. The van der Waals surface area contributed by atoms with E-state index >= 15 is 0 Å². The Bertz CT molecular complexity index is 779. The number of benzene rings is 1. The van der Waals surface area contributed by atoms with Crippen molar-refractivity contribution >= 4 is 15.9 Å². The number of aromatic nitrogens is 5. The smallest absolute Gasteiger partial charge is 0.230 e. The van der Waals surface area contributed by atoms with Crippen molar-refractivity contribution < 1.29 is 4.52 Å². The number of hydrogen-bond acceptors (Lipinski definition) is 5. The van der Waals surface area contributed by atoms with Crippen LogP contribution in [0.5, 0.6) is 0 Å². The van der Waals surface area contributed by atoms with E-state index in [9.17, 15) is 0 Å². The topological polar surface area (TPSA) is 69.6 Å². The summed E-state index contributed by atoms with van der Waals surface area (Å²) in [5, 5.41) is 11.9. The average molecular weight is 346 g/mol. The molecule has 2 heterocycles. The zero-order chi connectivity index (χ0) is 14.4. The van der Waals surface area contributed by atoms with Gasteiger partial charge in [-0.25, -0.2) is 0 Å². The van der Waals surface area contributed by atoms with E-state index in [4.69, 9.17) is 4.52 Å². The van der Waals surface area contributed by atoms with Gasteiger partial charge in [0.25, 0.3) is 0 Å². The molecule has 0 bridgehead atoms. The lowest BCUT2D eigenvalue weighted by molar-refractivity contribution is 0.378. The fourth-order valence-electron chi connectivity index (χ4n) is 2.49. The van der Waals surface area contributed by atoms with Crippen molar-refractivity contribution in [3.63, 3.8) is 0 Å². The highest BCUT2D eigenvalue weighted by molar-refractivity contribution is 9.10. The van der Waals surface area contributed by atoms with Crippen molar-refractivity contribution in [3.8, 4) is 11.5 Å². The number of aryl methyl sites for hydroxylation is 1. The molecule has 6 nitrogen and oxygen atoms in total. The van der Waals surface area contributed by atoms with Crippen LogP contribution in [-0.2, 0) is 7.05 Å². The van der Waals surface area contributed by atoms with Crippen molar-refractivity contribution in [2.45, 2.75) is 18.3 Å². The lowest BCUT2D eigenvalue weighted by atomic mass is 10.1. The molecule has 0 N–H and O–H groups in total. The molecule has 1 aliphatic rings. The molecule has 0 unspecified atom stereocenters. The molecule has 3 aromatic rings. The Balaban J connectivity index is 1.54. The zero-order valence-corrected chi connectivity index (χ0v) is 12.9. The van der Waals surface area contributed by atoms with Gasteiger partial charge in [-0.1, -0.05) is 38.4 Å². The summed E-state index contributed by atoms with van der Waals surface area (Å²) in [5.41, 5.74) is 1.94. The Hall–Kier alpha value is -2.02. The Labute approximate surface area is 129 Å². The molecule has 4 rings (SSSR count). The molecule has 7 heteroatoms. The molecule has 1 saturated carbocycles. The average Bonchev–Trinajstić information content (AvgIpc) is 2.92. The molecule has 0 amide bonds. The second-order valence-electron chi connectivity index (χ2n) is 5.23. The Kier molecular flexibility index (Phi) is 2.88. The van der Waals surface area contributed by atoms with Crippen LogP contribution in [0.2, 0.25) is 0 Å². The monoisotopic (exact) mass is 345 g/mol. The van der Waals surface area contributed by atoms with Crippen LogP contribution in [0.3, 0.4) is 0 Å². The SMILES string of the molecule is Cn1cc(-c2noc([C@@H]3C[C@H]3c3ccc(Br)cc3)n2)nn1. The lowest BCUT2D eigenvalue weighted by Gasteiger charge is -1.98. The van der Waals surface area contributed by atoms with E-state index in [2.05, 4.69) is 60.6 Å². The first-order chi connectivity index (χ1) is 10.2. The predicted octanol–water partition coefficient (Wildman–Crippen LogP) is 2.90. The third kappa shape index (κ3) is 2.37. The predicted molar refractivity (Wildman–Crippen MR) is 78.5 cm³/mol. The van der Waals surface area contributed by atoms with E-state index in [0.29, 0.717) is 29.2 Å². The first-order valence-corrected chi connectivity index (χ1v) is 7.46. The van der Waals surface area contributed by atoms with Crippen LogP contribution in [0.4, 0.5) is 0 Å². The van der Waals surface area contributed by atoms with Crippen LogP contribution in [0.25, 0.3) is 11.5 Å². The molecule has 0 radical (unpaired) electrons. The van der Waals surface area contributed by atoms with Crippen molar-refractivity contribution in [1.82, 2.24) is 25.1 Å². The molecule has 21 heavy (non-hydrogen) atoms. The van der Waals surface area contributed by atoms with Crippen LogP contribution in [-0.4, -0.2) is 25.1 Å². The molecule has 2 aromatic heterocycles. The van der Waals surface area contributed by atoms with E-state index in [0.717, 1.165) is 10.9 Å². The molecular weight excluding hydrogens is 334 g/mol. The summed E-state index contributed by atoms with van der Waals surface area (Å²) in [7, 11) is 1.81. The van der Waals surface area contributed by atoms with Gasteiger partial charge in [0.05, 0.1) is 6.20 Å². The normalized spacial score (nSPS) is 20.7. The standard InChI is InChI=1S/C14H12BrN5O/c1-20-7-12(17-19-20)13-16-14(21-18-13)11-6-10(11)8-2-4-9(15)5-3-8/h2-5,7,10-11H,6H2,1H3/t10-,11+/m0/s1. The Morgan fingerprint density at radius 1 is 1.24 bits per heavy atom. The van der Waals surface area contributed by atoms with Gasteiger partial charge in [-0.05, 0) is 30.0 Å². The van der Waals surface area contributed by atoms with E-state index in [-0.39, 0.29) is 0 Å². The second kappa shape index (κ2) is 4.77. The van der Waals surface area contributed by atoms with Crippen molar-refractivity contribution in [2.75, 3.05) is 0 Å². The van der Waals surface area contributed by atoms with Gasteiger partial charge in [-0.2, -0.15) is 4.98 Å². The zero-order valence-electron chi connectivity index (χ0n) is 11.3. The third-order valence-corrected chi connectivity index (χ3v) is 4.21. The van der Waals surface area contributed by atoms with Gasteiger partial charge in [0.1, 0.15) is 0 Å². The minimum atomic E-state index is 0.309. The highest BCUT2D eigenvalue weighted by atomic mass is 79.9. The van der Waals surface area contributed by atoms with E-state index in [1.165, 1.54) is 5.56 Å². The molecular formula is C14H12BrN5O. The van der Waals surface area contributed by atoms with Gasteiger partial charge in [0, 0.05) is 17.4 Å². The van der Waals surface area contributed by atoms with Crippen molar-refractivity contribution in [2.24, 2.45) is 7.05 Å². The van der Waals surface area contributed by atoms with Crippen LogP contribution >= 0.6 is 15.9 Å². The Morgan fingerprint density at radius 3 is 2.76 bits per heavy atom. The van der Waals surface area contributed by atoms with Gasteiger partial charge < -0.3 is 4.52 Å². The Morgan fingerprint density at radius 2 is 2.05 bits per heavy atom. The number of nitrogens with zero attached hydrogens (tertiary/aromatic N) is 5. The van der Waals surface area contributed by atoms with Gasteiger partial charge in [0.15, 0.2) is 5.69 Å². The van der Waals surface area contributed by atoms with E-state index < -0.39 is 0 Å². The number of hydrogen-bond donors (Lipinski definition) is 0. The van der Waals surface area contributed by atoms with Crippen molar-refractivity contribution in [1.29, 1.82) is 0 Å². The summed E-state index contributed by atoms with van der Waals surface area (Å²) >= 11 is 3.45. The molecule has 1 aromatic carbocycles. The van der Waals surface area contributed by atoms with Crippen LogP contribution < -0.4 is 0 Å². The summed E-state index contributed by atoms with van der Waals surface area (Å²) in [6.07, 6.45) is 2.82.